The molecule has 0 bridgehead atoms. The Balaban J connectivity index is 1.69. The normalized spacial score (nSPS) is 14.3. The molecule has 0 aliphatic heterocycles. The lowest BCUT2D eigenvalue weighted by molar-refractivity contribution is 0.0965. The van der Waals surface area contributed by atoms with Crippen LogP contribution >= 0.6 is 0 Å². The molecule has 0 unspecified atom stereocenters. The predicted octanol–water partition coefficient (Wildman–Crippen LogP) is 6.00. The summed E-state index contributed by atoms with van der Waals surface area (Å²) in [6, 6.07) is 17.8. The number of rotatable bonds is 14. The lowest BCUT2D eigenvalue weighted by Gasteiger charge is -2.25. The van der Waals surface area contributed by atoms with Crippen molar-refractivity contribution in [2.24, 2.45) is 5.92 Å². The van der Waals surface area contributed by atoms with E-state index < -0.39 is 0 Å². The van der Waals surface area contributed by atoms with Crippen molar-refractivity contribution in [3.8, 4) is 23.1 Å². The van der Waals surface area contributed by atoms with Crippen molar-refractivity contribution in [2.75, 3.05) is 20.2 Å². The molecule has 1 aliphatic rings. The Labute approximate surface area is 209 Å². The molecule has 6 heteroatoms. The molecule has 1 aliphatic carbocycles. The summed E-state index contributed by atoms with van der Waals surface area (Å²) in [5.74, 6) is 2.91. The number of hydrogen-bond acceptors (Lipinski definition) is 5. The monoisotopic (exact) mass is 477 g/mol. The van der Waals surface area contributed by atoms with Gasteiger partial charge in [-0.2, -0.15) is 5.10 Å². The van der Waals surface area contributed by atoms with Crippen molar-refractivity contribution in [1.82, 2.24) is 14.7 Å². The van der Waals surface area contributed by atoms with Crippen LogP contribution < -0.4 is 9.47 Å². The van der Waals surface area contributed by atoms with E-state index in [1.807, 2.05) is 59.3 Å². The summed E-state index contributed by atoms with van der Waals surface area (Å²) in [7, 11) is 1.66. The maximum atomic E-state index is 10.7. The van der Waals surface area contributed by atoms with E-state index in [2.05, 4.69) is 18.7 Å². The zero-order chi connectivity index (χ0) is 24.6. The molecule has 1 fully saturated rings. The number of aliphatic hydroxyl groups excluding tert-OH is 1. The highest BCUT2D eigenvalue weighted by molar-refractivity contribution is 5.44. The molecule has 0 spiro atoms. The Morgan fingerprint density at radius 1 is 1.09 bits per heavy atom. The van der Waals surface area contributed by atoms with Crippen LogP contribution in [-0.4, -0.2) is 46.1 Å². The molecule has 1 saturated carbocycles. The number of aliphatic hydroxyl groups is 1. The zero-order valence-corrected chi connectivity index (χ0v) is 21.3. The predicted molar refractivity (Wildman–Crippen MR) is 140 cm³/mol. The maximum absolute atomic E-state index is 10.7. The van der Waals surface area contributed by atoms with Crippen LogP contribution in [0.15, 0.2) is 54.6 Å². The van der Waals surface area contributed by atoms with Crippen molar-refractivity contribution in [3.05, 3.63) is 65.9 Å². The second kappa shape index (κ2) is 12.2. The van der Waals surface area contributed by atoms with Gasteiger partial charge in [0.25, 0.3) is 0 Å². The molecule has 2 aromatic carbocycles. The highest BCUT2D eigenvalue weighted by Gasteiger charge is 2.28. The fourth-order valence-corrected chi connectivity index (χ4v) is 4.47. The Hall–Kier alpha value is -2.83. The first-order valence-corrected chi connectivity index (χ1v) is 13.0. The first kappa shape index (κ1) is 25.3. The van der Waals surface area contributed by atoms with Gasteiger partial charge in [0, 0.05) is 25.7 Å². The Morgan fingerprint density at radius 3 is 2.54 bits per heavy atom. The molecule has 1 atom stereocenters. The summed E-state index contributed by atoms with van der Waals surface area (Å²) in [6.07, 6.45) is 6.04. The second-order valence-corrected chi connectivity index (χ2v) is 9.55. The van der Waals surface area contributed by atoms with Crippen LogP contribution in [0.25, 0.3) is 5.69 Å². The lowest BCUT2D eigenvalue weighted by Crippen LogP contribution is -2.34. The van der Waals surface area contributed by atoms with Gasteiger partial charge in [-0.3, -0.25) is 4.90 Å². The minimum absolute atomic E-state index is 0.314. The molecule has 1 aromatic heterocycles. The number of nitrogens with zero attached hydrogens (tertiary/aromatic N) is 3. The van der Waals surface area contributed by atoms with Gasteiger partial charge >= 0.3 is 0 Å². The van der Waals surface area contributed by atoms with Crippen LogP contribution in [0.1, 0.15) is 57.2 Å². The first-order valence-electron chi connectivity index (χ1n) is 13.0. The van der Waals surface area contributed by atoms with Crippen LogP contribution in [-0.2, 0) is 13.0 Å². The molecule has 1 N–H and O–H groups in total. The Bertz CT molecular complexity index is 1060. The van der Waals surface area contributed by atoms with E-state index in [-0.39, 0.29) is 6.10 Å². The highest BCUT2D eigenvalue weighted by atomic mass is 16.5. The summed E-state index contributed by atoms with van der Waals surface area (Å²) in [5.41, 5.74) is 3.07. The quantitative estimate of drug-likeness (QED) is 0.309. The van der Waals surface area contributed by atoms with Crippen LogP contribution in [0.2, 0.25) is 0 Å². The van der Waals surface area contributed by atoms with Gasteiger partial charge in [0.2, 0.25) is 5.88 Å². The number of aryl methyl sites for hydroxylation is 1. The summed E-state index contributed by atoms with van der Waals surface area (Å²) in [5, 5.41) is 15.7. The van der Waals surface area contributed by atoms with Gasteiger partial charge in [-0.25, -0.2) is 4.68 Å². The number of unbranched alkanes of at least 4 members (excludes halogenated alkanes) is 1. The van der Waals surface area contributed by atoms with Crippen molar-refractivity contribution < 1.29 is 14.6 Å². The topological polar surface area (TPSA) is 59.8 Å². The average Bonchev–Trinajstić information content (AvgIpc) is 3.64. The van der Waals surface area contributed by atoms with E-state index in [0.717, 1.165) is 66.7 Å². The number of benzene rings is 2. The third-order valence-electron chi connectivity index (χ3n) is 6.57. The minimum Gasteiger partial charge on any atom is -0.497 e. The summed E-state index contributed by atoms with van der Waals surface area (Å²) in [4.78, 5) is 2.40. The summed E-state index contributed by atoms with van der Waals surface area (Å²) in [6.45, 7) is 6.69. The van der Waals surface area contributed by atoms with Gasteiger partial charge in [0.15, 0.2) is 0 Å². The molecule has 0 saturated heterocycles. The van der Waals surface area contributed by atoms with E-state index in [1.54, 1.807) is 7.11 Å². The van der Waals surface area contributed by atoms with E-state index in [4.69, 9.17) is 14.6 Å². The van der Waals surface area contributed by atoms with Crippen molar-refractivity contribution in [1.29, 1.82) is 0 Å². The smallest absolute Gasteiger partial charge is 0.227 e. The molecule has 188 valence electrons. The van der Waals surface area contributed by atoms with Gasteiger partial charge in [-0.05, 0) is 55.9 Å². The molecule has 0 amide bonds. The number of methoxy groups -OCH3 is 1. The van der Waals surface area contributed by atoms with Crippen molar-refractivity contribution in [3.63, 3.8) is 0 Å². The van der Waals surface area contributed by atoms with Crippen LogP contribution in [0, 0.1) is 5.92 Å². The van der Waals surface area contributed by atoms with Gasteiger partial charge in [0.05, 0.1) is 30.2 Å². The van der Waals surface area contributed by atoms with Crippen molar-refractivity contribution >= 4 is 0 Å². The molecule has 35 heavy (non-hydrogen) atoms. The second-order valence-electron chi connectivity index (χ2n) is 9.55. The molecular formula is C29H39N3O3. The number of aromatic nitrogens is 2. The van der Waals surface area contributed by atoms with Gasteiger partial charge in [-0.1, -0.05) is 51.0 Å². The van der Waals surface area contributed by atoms with E-state index in [0.29, 0.717) is 18.8 Å². The minimum atomic E-state index is -0.314. The Kier molecular flexibility index (Phi) is 8.83. The fraction of sp³-hybridized carbons (Fsp3) is 0.483. The van der Waals surface area contributed by atoms with Crippen molar-refractivity contribution in [2.45, 2.75) is 65.0 Å². The number of ether oxygens (including phenoxy) is 2. The molecule has 6 nitrogen and oxygen atoms in total. The van der Waals surface area contributed by atoms with Gasteiger partial charge in [0.1, 0.15) is 11.5 Å². The number of hydrogen-bond donors (Lipinski definition) is 1. The molecule has 0 radical (unpaired) electrons. The van der Waals surface area contributed by atoms with Crippen LogP contribution in [0.3, 0.4) is 0 Å². The van der Waals surface area contributed by atoms with E-state index in [9.17, 15) is 5.11 Å². The summed E-state index contributed by atoms with van der Waals surface area (Å²) < 4.78 is 13.9. The first-order chi connectivity index (χ1) is 17.1. The largest absolute Gasteiger partial charge is 0.497 e. The SMILES string of the molecule is CCCC[C@H](O)CN(Cc1c(CC)nn(-c2ccccc2)c1Oc1cccc(OC)c1)CC1CC1. The van der Waals surface area contributed by atoms with Crippen LogP contribution in [0.5, 0.6) is 17.4 Å². The van der Waals surface area contributed by atoms with Gasteiger partial charge in [-0.15, -0.1) is 0 Å². The van der Waals surface area contributed by atoms with Gasteiger partial charge < -0.3 is 14.6 Å². The van der Waals surface area contributed by atoms with E-state index >= 15 is 0 Å². The third-order valence-corrected chi connectivity index (χ3v) is 6.57. The number of para-hydroxylation sites is 1. The maximum Gasteiger partial charge on any atom is 0.227 e. The van der Waals surface area contributed by atoms with E-state index in [1.165, 1.54) is 12.8 Å². The zero-order valence-electron chi connectivity index (χ0n) is 21.3. The standard InChI is InChI=1S/C29H39N3O3/c1-4-6-13-24(33)20-31(19-22-16-17-22)21-27-28(5-2)30-32(23-11-8-7-9-12-23)29(27)35-26-15-10-14-25(18-26)34-3/h7-12,14-15,18,22,24,33H,4-6,13,16-17,19-21H2,1-3H3/t24-/m0/s1. The summed E-state index contributed by atoms with van der Waals surface area (Å²) >= 11 is 0. The lowest BCUT2D eigenvalue weighted by atomic mass is 10.1. The third kappa shape index (κ3) is 6.86. The fourth-order valence-electron chi connectivity index (χ4n) is 4.47. The Morgan fingerprint density at radius 2 is 1.86 bits per heavy atom. The molecule has 3 aromatic rings. The molecule has 1 heterocycles. The molecular weight excluding hydrogens is 438 g/mol. The highest BCUT2D eigenvalue weighted by Crippen LogP contribution is 2.35. The molecule has 4 rings (SSSR count). The van der Waals surface area contributed by atoms with Crippen LogP contribution in [0.4, 0.5) is 0 Å². The average molecular weight is 478 g/mol.